The smallest absolute Gasteiger partial charge is 0.332 e. The molecule has 0 fully saturated rings. The van der Waals surface area contributed by atoms with Crippen molar-refractivity contribution in [1.29, 1.82) is 0 Å². The number of nitrogens with zero attached hydrogens (tertiary/aromatic N) is 1. The second-order valence-corrected chi connectivity index (χ2v) is 3.74. The number of rotatable bonds is 3. The maximum Gasteiger partial charge on any atom is 0.332 e. The van der Waals surface area contributed by atoms with Crippen molar-refractivity contribution in [2.45, 2.75) is 19.1 Å². The van der Waals surface area contributed by atoms with Crippen molar-refractivity contribution in [3.05, 3.63) is 29.8 Å². The van der Waals surface area contributed by atoms with Crippen LogP contribution in [0, 0.1) is 0 Å². The molecule has 0 spiro atoms. The zero-order chi connectivity index (χ0) is 12.4. The van der Waals surface area contributed by atoms with Crippen LogP contribution in [0.1, 0.15) is 12.5 Å². The van der Waals surface area contributed by atoms with Gasteiger partial charge in [-0.15, -0.1) is 0 Å². The van der Waals surface area contributed by atoms with Crippen molar-refractivity contribution in [3.63, 3.8) is 0 Å². The van der Waals surface area contributed by atoms with E-state index in [9.17, 15) is 4.79 Å². The van der Waals surface area contributed by atoms with Crippen LogP contribution in [0.3, 0.4) is 0 Å². The summed E-state index contributed by atoms with van der Waals surface area (Å²) in [6.45, 7) is 1.69. The standard InChI is InChI=1S/C12H13NO4/c1-7-10(12(14)15)13-11(17-7)8-5-3-4-6-9(8)16-2/h3-7,10H,1-2H3,(H,14,15)/t7-,10+/m0/s1. The summed E-state index contributed by atoms with van der Waals surface area (Å²) in [5, 5.41) is 8.96. The van der Waals surface area contributed by atoms with Gasteiger partial charge >= 0.3 is 5.97 Å². The Morgan fingerprint density at radius 3 is 2.76 bits per heavy atom. The van der Waals surface area contributed by atoms with Crippen LogP contribution >= 0.6 is 0 Å². The van der Waals surface area contributed by atoms with Crippen molar-refractivity contribution >= 4 is 11.9 Å². The molecule has 2 rings (SSSR count). The Bertz CT molecular complexity index is 469. The van der Waals surface area contributed by atoms with Gasteiger partial charge in [-0.1, -0.05) is 12.1 Å². The van der Waals surface area contributed by atoms with E-state index in [1.807, 2.05) is 12.1 Å². The first-order valence-electron chi connectivity index (χ1n) is 5.24. The molecule has 0 saturated heterocycles. The number of carboxylic acids is 1. The summed E-state index contributed by atoms with van der Waals surface area (Å²) in [6.07, 6.45) is -0.465. The molecule has 90 valence electrons. The summed E-state index contributed by atoms with van der Waals surface area (Å²) in [5.74, 6) is -0.0470. The second-order valence-electron chi connectivity index (χ2n) is 3.74. The fourth-order valence-electron chi connectivity index (χ4n) is 1.71. The minimum atomic E-state index is -0.984. The Morgan fingerprint density at radius 2 is 2.18 bits per heavy atom. The Morgan fingerprint density at radius 1 is 1.47 bits per heavy atom. The number of benzene rings is 1. The largest absolute Gasteiger partial charge is 0.496 e. The Hall–Kier alpha value is -2.04. The Kier molecular flexibility index (Phi) is 2.99. The third kappa shape index (κ3) is 2.08. The normalized spacial score (nSPS) is 22.8. The van der Waals surface area contributed by atoms with Crippen LogP contribution in [0.25, 0.3) is 0 Å². The van der Waals surface area contributed by atoms with Gasteiger partial charge in [0.05, 0.1) is 12.7 Å². The van der Waals surface area contributed by atoms with Gasteiger partial charge in [0.2, 0.25) is 5.90 Å². The van der Waals surface area contributed by atoms with Gasteiger partial charge in [0.15, 0.2) is 6.04 Å². The van der Waals surface area contributed by atoms with E-state index in [2.05, 4.69) is 4.99 Å². The van der Waals surface area contributed by atoms with Crippen molar-refractivity contribution in [2.24, 2.45) is 4.99 Å². The zero-order valence-corrected chi connectivity index (χ0v) is 9.58. The van der Waals surface area contributed by atoms with Crippen LogP contribution in [-0.4, -0.2) is 36.2 Å². The molecule has 1 N–H and O–H groups in total. The molecule has 0 aliphatic carbocycles. The highest BCUT2D eigenvalue weighted by Gasteiger charge is 2.34. The van der Waals surface area contributed by atoms with Crippen LogP contribution in [0.5, 0.6) is 5.75 Å². The highest BCUT2D eigenvalue weighted by Crippen LogP contribution is 2.24. The van der Waals surface area contributed by atoms with Crippen LogP contribution in [0.2, 0.25) is 0 Å². The van der Waals surface area contributed by atoms with Gasteiger partial charge in [-0.2, -0.15) is 0 Å². The molecule has 0 bridgehead atoms. The van der Waals surface area contributed by atoms with E-state index in [0.717, 1.165) is 0 Å². The number of carbonyl (C=O) groups is 1. The topological polar surface area (TPSA) is 68.1 Å². The lowest BCUT2D eigenvalue weighted by atomic mass is 10.2. The van der Waals surface area contributed by atoms with Crippen LogP contribution in [0.15, 0.2) is 29.3 Å². The summed E-state index contributed by atoms with van der Waals surface area (Å²) in [7, 11) is 1.55. The lowest BCUT2D eigenvalue weighted by Crippen LogP contribution is -2.27. The summed E-state index contributed by atoms with van der Waals surface area (Å²) in [5.41, 5.74) is 0.672. The first-order chi connectivity index (χ1) is 8.13. The van der Waals surface area contributed by atoms with Crippen LogP contribution < -0.4 is 4.74 Å². The number of aliphatic carboxylic acids is 1. The van der Waals surface area contributed by atoms with Gasteiger partial charge in [0.1, 0.15) is 11.9 Å². The van der Waals surface area contributed by atoms with Crippen LogP contribution in [0.4, 0.5) is 0 Å². The van der Waals surface area contributed by atoms with Gasteiger partial charge in [0, 0.05) is 0 Å². The van der Waals surface area contributed by atoms with Gasteiger partial charge < -0.3 is 14.6 Å². The molecule has 0 saturated carbocycles. The molecule has 1 aliphatic heterocycles. The molecule has 1 heterocycles. The van der Waals surface area contributed by atoms with E-state index in [0.29, 0.717) is 17.2 Å². The first-order valence-corrected chi connectivity index (χ1v) is 5.24. The molecule has 1 aromatic rings. The molecule has 0 amide bonds. The average molecular weight is 235 g/mol. The monoisotopic (exact) mass is 235 g/mol. The summed E-state index contributed by atoms with van der Waals surface area (Å²) < 4.78 is 10.6. The Balaban J connectivity index is 2.35. The van der Waals surface area contributed by atoms with E-state index in [4.69, 9.17) is 14.6 Å². The predicted molar refractivity (Wildman–Crippen MR) is 61.5 cm³/mol. The lowest BCUT2D eigenvalue weighted by Gasteiger charge is -2.10. The van der Waals surface area contributed by atoms with Gasteiger partial charge in [-0.05, 0) is 19.1 Å². The molecular formula is C12H13NO4. The Labute approximate surface area is 98.7 Å². The maximum atomic E-state index is 10.9. The molecule has 1 aliphatic rings. The molecular weight excluding hydrogens is 222 g/mol. The van der Waals surface area contributed by atoms with Crippen molar-refractivity contribution in [2.75, 3.05) is 7.11 Å². The van der Waals surface area contributed by atoms with Crippen molar-refractivity contribution < 1.29 is 19.4 Å². The molecule has 17 heavy (non-hydrogen) atoms. The van der Waals surface area contributed by atoms with Gasteiger partial charge in [0.25, 0.3) is 0 Å². The molecule has 0 radical (unpaired) electrons. The predicted octanol–water partition coefficient (Wildman–Crippen LogP) is 1.31. The summed E-state index contributed by atoms with van der Waals surface area (Å²) in [4.78, 5) is 15.0. The summed E-state index contributed by atoms with van der Waals surface area (Å²) in [6, 6.07) is 6.36. The molecule has 1 aromatic carbocycles. The van der Waals surface area contributed by atoms with Gasteiger partial charge in [-0.25, -0.2) is 9.79 Å². The van der Waals surface area contributed by atoms with E-state index in [1.54, 1.807) is 26.2 Å². The highest BCUT2D eigenvalue weighted by atomic mass is 16.5. The number of para-hydroxylation sites is 1. The van der Waals surface area contributed by atoms with E-state index >= 15 is 0 Å². The fourth-order valence-corrected chi connectivity index (χ4v) is 1.71. The molecule has 5 nitrogen and oxygen atoms in total. The fraction of sp³-hybridized carbons (Fsp3) is 0.333. The first kappa shape index (κ1) is 11.4. The molecule has 0 unspecified atom stereocenters. The quantitative estimate of drug-likeness (QED) is 0.857. The number of hydrogen-bond donors (Lipinski definition) is 1. The number of hydrogen-bond acceptors (Lipinski definition) is 4. The number of ether oxygens (including phenoxy) is 2. The molecule has 5 heteroatoms. The average Bonchev–Trinajstić information content (AvgIpc) is 2.71. The zero-order valence-electron chi connectivity index (χ0n) is 9.58. The van der Waals surface area contributed by atoms with Gasteiger partial charge in [-0.3, -0.25) is 0 Å². The minimum Gasteiger partial charge on any atom is -0.496 e. The SMILES string of the molecule is COc1ccccc1C1=N[C@@H](C(=O)O)[C@H](C)O1. The second kappa shape index (κ2) is 4.45. The minimum absolute atomic E-state index is 0.322. The third-order valence-electron chi connectivity index (χ3n) is 2.59. The summed E-state index contributed by atoms with van der Waals surface area (Å²) >= 11 is 0. The lowest BCUT2D eigenvalue weighted by molar-refractivity contribution is -0.139. The van der Waals surface area contributed by atoms with Crippen molar-refractivity contribution in [3.8, 4) is 5.75 Å². The van der Waals surface area contributed by atoms with Crippen LogP contribution in [-0.2, 0) is 9.53 Å². The van der Waals surface area contributed by atoms with E-state index in [-0.39, 0.29) is 0 Å². The third-order valence-corrected chi connectivity index (χ3v) is 2.59. The number of methoxy groups -OCH3 is 1. The number of aliphatic imine (C=N–C) groups is 1. The molecule has 0 aromatic heterocycles. The van der Waals surface area contributed by atoms with Crippen molar-refractivity contribution in [1.82, 2.24) is 0 Å². The highest BCUT2D eigenvalue weighted by molar-refractivity contribution is 5.99. The maximum absolute atomic E-state index is 10.9. The van der Waals surface area contributed by atoms with E-state index in [1.165, 1.54) is 0 Å². The number of carboxylic acid groups (broad SMARTS) is 1. The van der Waals surface area contributed by atoms with E-state index < -0.39 is 18.1 Å². The molecule has 2 atom stereocenters.